The molecule has 3 fully saturated rings. The largest absolute Gasteiger partial charge is 0.372 e. The van der Waals surface area contributed by atoms with Crippen molar-refractivity contribution < 1.29 is 9.13 Å². The van der Waals surface area contributed by atoms with Gasteiger partial charge in [-0.15, -0.1) is 0 Å². The van der Waals surface area contributed by atoms with E-state index >= 15 is 0 Å². The first-order valence-corrected chi connectivity index (χ1v) is 9.45. The van der Waals surface area contributed by atoms with Crippen LogP contribution in [0.3, 0.4) is 0 Å². The predicted molar refractivity (Wildman–Crippen MR) is 94.1 cm³/mol. The van der Waals surface area contributed by atoms with E-state index in [1.165, 1.54) is 12.5 Å². The predicted octanol–water partition coefficient (Wildman–Crippen LogP) is 4.01. The Hall–Kier alpha value is -1.43. The molecule has 4 nitrogen and oxygen atoms in total. The molecule has 3 aliphatic rings. The Morgan fingerprint density at radius 2 is 2.16 bits per heavy atom. The van der Waals surface area contributed by atoms with Gasteiger partial charge < -0.3 is 10.1 Å². The van der Waals surface area contributed by atoms with E-state index in [-0.39, 0.29) is 5.82 Å². The third-order valence-electron chi connectivity index (χ3n) is 5.81. The van der Waals surface area contributed by atoms with Crippen molar-refractivity contribution in [3.05, 3.63) is 40.3 Å². The number of hydrogen-bond donors (Lipinski definition) is 2. The Balaban J connectivity index is 1.42. The number of hydrogen-bond acceptors (Lipinski definition) is 3. The summed E-state index contributed by atoms with van der Waals surface area (Å²) in [5.74, 6) is 0.732. The average molecular weight is 362 g/mol. The van der Waals surface area contributed by atoms with Gasteiger partial charge in [-0.3, -0.25) is 5.10 Å². The molecule has 2 saturated carbocycles. The number of aromatic nitrogens is 2. The molecule has 0 unspecified atom stereocenters. The van der Waals surface area contributed by atoms with Gasteiger partial charge >= 0.3 is 0 Å². The maximum absolute atomic E-state index is 14.4. The maximum atomic E-state index is 14.4. The summed E-state index contributed by atoms with van der Waals surface area (Å²) in [6.45, 7) is 1.57. The standard InChI is InChI=1S/C19H21ClFN3O/c20-13-2-1-3-14(21)18(13)19-17(10-4-5-10)15(23-24-19)9-25-16-7-12-6-11(16)8-22-12/h1-3,10-12,16,22H,4-9H2,(H,23,24)/t11-,12-,16+/m0/s1. The van der Waals surface area contributed by atoms with Crippen LogP contribution in [0.15, 0.2) is 18.2 Å². The lowest BCUT2D eigenvalue weighted by atomic mass is 10.0. The second-order valence-electron chi connectivity index (χ2n) is 7.52. The zero-order valence-electron chi connectivity index (χ0n) is 13.9. The molecule has 0 radical (unpaired) electrons. The van der Waals surface area contributed by atoms with Crippen LogP contribution in [-0.4, -0.2) is 28.9 Å². The topological polar surface area (TPSA) is 49.9 Å². The Bertz CT molecular complexity index is 784. The summed E-state index contributed by atoms with van der Waals surface area (Å²) in [7, 11) is 0. The molecular formula is C19H21ClFN3O. The lowest BCUT2D eigenvalue weighted by molar-refractivity contribution is 0.00770. The summed E-state index contributed by atoms with van der Waals surface area (Å²) < 4.78 is 20.6. The van der Waals surface area contributed by atoms with Crippen molar-refractivity contribution in [1.82, 2.24) is 15.5 Å². The zero-order valence-corrected chi connectivity index (χ0v) is 14.7. The van der Waals surface area contributed by atoms with Crippen molar-refractivity contribution in [2.45, 2.75) is 50.4 Å². The van der Waals surface area contributed by atoms with Crippen molar-refractivity contribution in [1.29, 1.82) is 0 Å². The minimum absolute atomic E-state index is 0.321. The molecule has 1 aromatic carbocycles. The summed E-state index contributed by atoms with van der Waals surface area (Å²) in [5.41, 5.74) is 3.12. The van der Waals surface area contributed by atoms with E-state index in [0.717, 1.165) is 37.1 Å². The van der Waals surface area contributed by atoms with E-state index in [1.54, 1.807) is 12.1 Å². The summed E-state index contributed by atoms with van der Waals surface area (Å²) >= 11 is 6.26. The van der Waals surface area contributed by atoms with E-state index in [2.05, 4.69) is 15.5 Å². The number of ether oxygens (including phenoxy) is 1. The van der Waals surface area contributed by atoms with Crippen molar-refractivity contribution in [2.24, 2.45) is 5.92 Å². The quantitative estimate of drug-likeness (QED) is 0.845. The second kappa shape index (κ2) is 6.08. The number of benzene rings is 1. The SMILES string of the molecule is Fc1cccc(Cl)c1-c1n[nH]c(CO[C@@H]2C[C@@H]3C[C@H]2CN3)c1C1CC1. The van der Waals surface area contributed by atoms with Gasteiger partial charge in [0.15, 0.2) is 0 Å². The average Bonchev–Trinajstić information content (AvgIpc) is 3.03. The van der Waals surface area contributed by atoms with Crippen LogP contribution in [0.2, 0.25) is 5.02 Å². The van der Waals surface area contributed by atoms with Gasteiger partial charge in [0.25, 0.3) is 0 Å². The second-order valence-corrected chi connectivity index (χ2v) is 7.93. The van der Waals surface area contributed by atoms with E-state index in [4.69, 9.17) is 16.3 Å². The van der Waals surface area contributed by atoms with Crippen LogP contribution >= 0.6 is 11.6 Å². The summed E-state index contributed by atoms with van der Waals surface area (Å²) in [5, 5.41) is 11.4. The van der Waals surface area contributed by atoms with Crippen LogP contribution < -0.4 is 5.32 Å². The number of nitrogens with zero attached hydrogens (tertiary/aromatic N) is 1. The molecule has 2 N–H and O–H groups in total. The molecule has 25 heavy (non-hydrogen) atoms. The smallest absolute Gasteiger partial charge is 0.134 e. The summed E-state index contributed by atoms with van der Waals surface area (Å²) in [6, 6.07) is 5.39. The fourth-order valence-corrected chi connectivity index (χ4v) is 4.66. The molecule has 0 spiro atoms. The Morgan fingerprint density at radius 3 is 2.84 bits per heavy atom. The van der Waals surface area contributed by atoms with Gasteiger partial charge in [0.1, 0.15) is 11.5 Å². The molecular weight excluding hydrogens is 341 g/mol. The van der Waals surface area contributed by atoms with E-state index in [0.29, 0.717) is 46.9 Å². The van der Waals surface area contributed by atoms with Crippen molar-refractivity contribution in [3.63, 3.8) is 0 Å². The van der Waals surface area contributed by atoms with Crippen LogP contribution in [0.4, 0.5) is 4.39 Å². The number of fused-ring (bicyclic) bond motifs is 2. The molecule has 1 aliphatic heterocycles. The van der Waals surface area contributed by atoms with E-state index < -0.39 is 0 Å². The number of aromatic amines is 1. The van der Waals surface area contributed by atoms with Gasteiger partial charge in [-0.05, 0) is 49.7 Å². The molecule has 0 amide bonds. The number of piperidine rings is 1. The Morgan fingerprint density at radius 1 is 1.28 bits per heavy atom. The molecule has 1 saturated heterocycles. The number of H-pyrrole nitrogens is 1. The van der Waals surface area contributed by atoms with Gasteiger partial charge in [0.2, 0.25) is 0 Å². The van der Waals surface area contributed by atoms with Gasteiger partial charge in [-0.1, -0.05) is 17.7 Å². The Kier molecular flexibility index (Phi) is 3.84. The first-order valence-electron chi connectivity index (χ1n) is 9.07. The van der Waals surface area contributed by atoms with Gasteiger partial charge in [-0.25, -0.2) is 4.39 Å². The molecule has 2 aliphatic carbocycles. The van der Waals surface area contributed by atoms with E-state index in [1.807, 2.05) is 0 Å². The number of halogens is 2. The monoisotopic (exact) mass is 361 g/mol. The number of rotatable bonds is 5. The third-order valence-corrected chi connectivity index (χ3v) is 6.12. The van der Waals surface area contributed by atoms with Crippen molar-refractivity contribution in [3.8, 4) is 11.3 Å². The van der Waals surface area contributed by atoms with Crippen LogP contribution in [0.25, 0.3) is 11.3 Å². The van der Waals surface area contributed by atoms with Gasteiger partial charge in [-0.2, -0.15) is 5.10 Å². The summed E-state index contributed by atoms with van der Waals surface area (Å²) in [6.07, 6.45) is 4.86. The molecule has 2 heterocycles. The fraction of sp³-hybridized carbons (Fsp3) is 0.526. The van der Waals surface area contributed by atoms with E-state index in [9.17, 15) is 4.39 Å². The third kappa shape index (κ3) is 2.78. The van der Waals surface area contributed by atoms with Crippen LogP contribution in [0, 0.1) is 11.7 Å². The molecule has 6 heteroatoms. The highest BCUT2D eigenvalue weighted by Crippen LogP contribution is 2.47. The highest BCUT2D eigenvalue weighted by molar-refractivity contribution is 6.33. The molecule has 2 aromatic rings. The summed E-state index contributed by atoms with van der Waals surface area (Å²) in [4.78, 5) is 0. The zero-order chi connectivity index (χ0) is 17.0. The first kappa shape index (κ1) is 15.8. The van der Waals surface area contributed by atoms with Crippen molar-refractivity contribution in [2.75, 3.05) is 6.54 Å². The Labute approximate surface area is 151 Å². The minimum Gasteiger partial charge on any atom is -0.372 e. The normalized spacial score (nSPS) is 28.0. The van der Waals surface area contributed by atoms with Crippen molar-refractivity contribution >= 4 is 11.6 Å². The maximum Gasteiger partial charge on any atom is 0.134 e. The highest BCUT2D eigenvalue weighted by Gasteiger charge is 2.40. The van der Waals surface area contributed by atoms with Gasteiger partial charge in [0, 0.05) is 18.2 Å². The molecule has 3 atom stereocenters. The molecule has 5 rings (SSSR count). The first-order chi connectivity index (χ1) is 12.2. The van der Waals surface area contributed by atoms with Crippen LogP contribution in [0.1, 0.15) is 42.9 Å². The lowest BCUT2D eigenvalue weighted by Crippen LogP contribution is -2.34. The molecule has 132 valence electrons. The van der Waals surface area contributed by atoms with Crippen LogP contribution in [-0.2, 0) is 11.3 Å². The van der Waals surface area contributed by atoms with Gasteiger partial charge in [0.05, 0.1) is 29.0 Å². The fourth-order valence-electron chi connectivity index (χ4n) is 4.40. The molecule has 1 aromatic heterocycles. The lowest BCUT2D eigenvalue weighted by Gasteiger charge is -2.22. The molecule has 2 bridgehead atoms. The van der Waals surface area contributed by atoms with Crippen LogP contribution in [0.5, 0.6) is 0 Å². The highest BCUT2D eigenvalue weighted by atomic mass is 35.5. The minimum atomic E-state index is -0.326. The number of nitrogens with one attached hydrogen (secondary N) is 2.